The maximum Gasteiger partial charge on any atom is 0.0745 e. The predicted molar refractivity (Wildman–Crippen MR) is 84.5 cm³/mol. The van der Waals surface area contributed by atoms with Crippen molar-refractivity contribution in [2.75, 3.05) is 0 Å². The lowest BCUT2D eigenvalue weighted by molar-refractivity contribution is 0.867. The summed E-state index contributed by atoms with van der Waals surface area (Å²) in [7, 11) is 0. The molecule has 1 aromatic carbocycles. The Morgan fingerprint density at radius 2 is 1.95 bits per heavy atom. The molecule has 0 spiro atoms. The fourth-order valence-corrected chi connectivity index (χ4v) is 2.62. The molecule has 1 nitrogen and oxygen atoms in total. The van der Waals surface area contributed by atoms with Gasteiger partial charge in [-0.1, -0.05) is 44.7 Å². The Morgan fingerprint density at radius 1 is 1.21 bits per heavy atom. The Kier molecular flexibility index (Phi) is 3.84. The molecule has 2 rings (SSSR count). The molecule has 1 heterocycles. The molecule has 1 heteroatoms. The molecule has 2 aromatic rings. The first-order valence-electron chi connectivity index (χ1n) is 6.74. The van der Waals surface area contributed by atoms with Crippen LogP contribution in [0.25, 0.3) is 17.0 Å². The quantitative estimate of drug-likeness (QED) is 0.685. The first-order valence-corrected chi connectivity index (χ1v) is 6.74. The molecule has 0 unspecified atom stereocenters. The number of pyridine rings is 1. The van der Waals surface area contributed by atoms with Crippen molar-refractivity contribution in [2.45, 2.75) is 33.6 Å². The lowest BCUT2D eigenvalue weighted by Crippen LogP contribution is -2.01. The third-order valence-corrected chi connectivity index (χ3v) is 3.70. The average molecular weight is 251 g/mol. The van der Waals surface area contributed by atoms with Crippen LogP contribution >= 0.6 is 0 Å². The number of hydrogen-bond donors (Lipinski definition) is 0. The van der Waals surface area contributed by atoms with Crippen molar-refractivity contribution >= 4 is 17.0 Å². The molecule has 98 valence electrons. The second-order valence-electron chi connectivity index (χ2n) is 5.23. The van der Waals surface area contributed by atoms with Crippen molar-refractivity contribution in [3.63, 3.8) is 0 Å². The highest BCUT2D eigenvalue weighted by Gasteiger charge is 2.15. The number of hydrogen-bond acceptors (Lipinski definition) is 1. The normalized spacial score (nSPS) is 11.6. The van der Waals surface area contributed by atoms with Crippen molar-refractivity contribution in [3.8, 4) is 0 Å². The minimum absolute atomic E-state index is 0.446. The zero-order valence-corrected chi connectivity index (χ0v) is 12.2. The van der Waals surface area contributed by atoms with Crippen LogP contribution in [0, 0.1) is 13.8 Å². The number of aromatic nitrogens is 1. The van der Waals surface area contributed by atoms with Crippen LogP contribution in [0.3, 0.4) is 0 Å². The highest BCUT2D eigenvalue weighted by Crippen LogP contribution is 2.34. The number of fused-ring (bicyclic) bond motifs is 1. The summed E-state index contributed by atoms with van der Waals surface area (Å²) in [6.45, 7) is 12.6. The average Bonchev–Trinajstić information content (AvgIpc) is 2.40. The van der Waals surface area contributed by atoms with Crippen LogP contribution in [-0.4, -0.2) is 4.98 Å². The maximum atomic E-state index is 4.61. The van der Waals surface area contributed by atoms with Crippen molar-refractivity contribution in [3.05, 3.63) is 59.3 Å². The third-order valence-electron chi connectivity index (χ3n) is 3.70. The Morgan fingerprint density at radius 3 is 2.58 bits per heavy atom. The summed E-state index contributed by atoms with van der Waals surface area (Å²) in [4.78, 5) is 4.61. The number of benzene rings is 1. The summed E-state index contributed by atoms with van der Waals surface area (Å²) in [5.74, 6) is 0.446. The molecular weight excluding hydrogens is 230 g/mol. The van der Waals surface area contributed by atoms with Gasteiger partial charge in [0, 0.05) is 11.6 Å². The van der Waals surface area contributed by atoms with E-state index in [2.05, 4.69) is 51.4 Å². The van der Waals surface area contributed by atoms with Crippen LogP contribution in [0.15, 0.2) is 37.1 Å². The van der Waals surface area contributed by atoms with Crippen molar-refractivity contribution in [2.24, 2.45) is 0 Å². The molecule has 0 aliphatic rings. The Bertz CT molecular complexity index is 648. The molecule has 0 fully saturated rings. The summed E-state index contributed by atoms with van der Waals surface area (Å²) in [5.41, 5.74) is 6.40. The van der Waals surface area contributed by atoms with Gasteiger partial charge in [-0.15, -0.1) is 0 Å². The monoisotopic (exact) mass is 251 g/mol. The first-order chi connectivity index (χ1) is 9.07. The smallest absolute Gasteiger partial charge is 0.0745 e. The largest absolute Gasteiger partial charge is 0.256 e. The second kappa shape index (κ2) is 5.40. The Hall–Kier alpha value is -1.89. The number of rotatable bonds is 3. The third kappa shape index (κ3) is 2.33. The zero-order chi connectivity index (χ0) is 14.0. The number of nitrogens with zero attached hydrogens (tertiary/aromatic N) is 1. The van der Waals surface area contributed by atoms with Crippen LogP contribution in [0.5, 0.6) is 0 Å². The van der Waals surface area contributed by atoms with Gasteiger partial charge in [0.1, 0.15) is 0 Å². The molecule has 0 aliphatic carbocycles. The van der Waals surface area contributed by atoms with Crippen LogP contribution in [0.4, 0.5) is 0 Å². The summed E-state index contributed by atoms with van der Waals surface area (Å²) in [5, 5.41) is 1.26. The van der Waals surface area contributed by atoms with Crippen LogP contribution in [-0.2, 0) is 0 Å². The van der Waals surface area contributed by atoms with Crippen molar-refractivity contribution in [1.82, 2.24) is 4.98 Å². The minimum Gasteiger partial charge on any atom is -0.256 e. The van der Waals surface area contributed by atoms with E-state index >= 15 is 0 Å². The van der Waals surface area contributed by atoms with Gasteiger partial charge in [-0.3, -0.25) is 4.98 Å². The molecular formula is C18H21N. The Balaban J connectivity index is 2.93. The minimum atomic E-state index is 0.446. The fourth-order valence-electron chi connectivity index (χ4n) is 2.62. The summed E-state index contributed by atoms with van der Waals surface area (Å²) in [6.07, 6.45) is 7.85. The molecule has 0 radical (unpaired) electrons. The molecule has 19 heavy (non-hydrogen) atoms. The van der Waals surface area contributed by atoms with E-state index < -0.39 is 0 Å². The first kappa shape index (κ1) is 13.5. The van der Waals surface area contributed by atoms with Crippen LogP contribution in [0.1, 0.15) is 42.0 Å². The van der Waals surface area contributed by atoms with Gasteiger partial charge in [-0.05, 0) is 48.1 Å². The summed E-state index contributed by atoms with van der Waals surface area (Å²) in [6, 6.07) is 4.18. The van der Waals surface area contributed by atoms with E-state index in [9.17, 15) is 0 Å². The van der Waals surface area contributed by atoms with E-state index in [4.69, 9.17) is 0 Å². The molecule has 0 aliphatic heterocycles. The molecule has 0 saturated carbocycles. The molecule has 0 atom stereocenters. The van der Waals surface area contributed by atoms with Crippen molar-refractivity contribution < 1.29 is 0 Å². The maximum absolute atomic E-state index is 4.61. The molecule has 0 saturated heterocycles. The fraction of sp³-hybridized carbons (Fsp3) is 0.278. The van der Waals surface area contributed by atoms with Crippen LogP contribution in [0.2, 0.25) is 0 Å². The van der Waals surface area contributed by atoms with Gasteiger partial charge in [-0.25, -0.2) is 0 Å². The lowest BCUT2D eigenvalue weighted by Gasteiger charge is -2.18. The van der Waals surface area contributed by atoms with Gasteiger partial charge < -0.3 is 0 Å². The zero-order valence-electron chi connectivity index (χ0n) is 12.2. The predicted octanol–water partition coefficient (Wildman–Crippen LogP) is 5.17. The van der Waals surface area contributed by atoms with Gasteiger partial charge in [0.25, 0.3) is 0 Å². The summed E-state index contributed by atoms with van der Waals surface area (Å²) >= 11 is 0. The van der Waals surface area contributed by atoms with E-state index in [-0.39, 0.29) is 0 Å². The molecule has 0 bridgehead atoms. The van der Waals surface area contributed by atoms with Crippen LogP contribution < -0.4 is 0 Å². The van der Waals surface area contributed by atoms with E-state index in [1.807, 2.05) is 24.4 Å². The van der Waals surface area contributed by atoms with Gasteiger partial charge in [-0.2, -0.15) is 0 Å². The highest BCUT2D eigenvalue weighted by atomic mass is 14.7. The lowest BCUT2D eigenvalue weighted by atomic mass is 9.87. The standard InChI is InChI=1S/C18H21N/c1-6-7-9-15-13(4)14(5)16-10-8-11-19-18(16)17(15)12(2)3/h6-12H,1H2,2-5H3/b9-7-. The molecule has 1 aromatic heterocycles. The highest BCUT2D eigenvalue weighted by molar-refractivity contribution is 5.90. The SMILES string of the molecule is C=C/C=C\c1c(C)c(C)c2cccnc2c1C(C)C. The second-order valence-corrected chi connectivity index (χ2v) is 5.23. The Labute approximate surface area is 115 Å². The van der Waals surface area contributed by atoms with E-state index in [1.54, 1.807) is 0 Å². The van der Waals surface area contributed by atoms with Gasteiger partial charge in [0.15, 0.2) is 0 Å². The number of aryl methyl sites for hydroxylation is 1. The van der Waals surface area contributed by atoms with Gasteiger partial charge >= 0.3 is 0 Å². The van der Waals surface area contributed by atoms with E-state index in [0.29, 0.717) is 5.92 Å². The molecule has 0 amide bonds. The van der Waals surface area contributed by atoms with Gasteiger partial charge in [0.05, 0.1) is 5.52 Å². The van der Waals surface area contributed by atoms with Gasteiger partial charge in [0.2, 0.25) is 0 Å². The topological polar surface area (TPSA) is 12.9 Å². The molecule has 0 N–H and O–H groups in total. The number of allylic oxidation sites excluding steroid dienone is 2. The van der Waals surface area contributed by atoms with Crippen molar-refractivity contribution in [1.29, 1.82) is 0 Å². The summed E-state index contributed by atoms with van der Waals surface area (Å²) < 4.78 is 0. The van der Waals surface area contributed by atoms with E-state index in [1.165, 1.54) is 27.6 Å². The van der Waals surface area contributed by atoms with E-state index in [0.717, 1.165) is 5.52 Å².